The monoisotopic (exact) mass is 386 g/mol. The van der Waals surface area contributed by atoms with Gasteiger partial charge >= 0.3 is 0 Å². The molecular formula is C19H15BrO4. The molecule has 1 aliphatic carbocycles. The van der Waals surface area contributed by atoms with Crippen molar-refractivity contribution in [3.63, 3.8) is 0 Å². The van der Waals surface area contributed by atoms with Crippen LogP contribution >= 0.6 is 15.9 Å². The molecule has 0 atom stereocenters. The third kappa shape index (κ3) is 2.91. The summed E-state index contributed by atoms with van der Waals surface area (Å²) >= 11 is 3.03. The highest BCUT2D eigenvalue weighted by Crippen LogP contribution is 2.30. The van der Waals surface area contributed by atoms with Gasteiger partial charge in [0, 0.05) is 5.56 Å². The minimum Gasteiger partial charge on any atom is -0.463 e. The summed E-state index contributed by atoms with van der Waals surface area (Å²) in [4.78, 5) is 36.9. The Bertz CT molecular complexity index is 887. The summed E-state index contributed by atoms with van der Waals surface area (Å²) in [5.41, 5.74) is 1.70. The van der Waals surface area contributed by atoms with Crippen molar-refractivity contribution in [2.75, 3.05) is 0 Å². The van der Waals surface area contributed by atoms with E-state index >= 15 is 0 Å². The molecule has 0 unspecified atom stereocenters. The van der Waals surface area contributed by atoms with E-state index in [1.54, 1.807) is 6.07 Å². The van der Waals surface area contributed by atoms with Gasteiger partial charge in [0.15, 0.2) is 5.78 Å². The van der Waals surface area contributed by atoms with Gasteiger partial charge in [-0.05, 0) is 46.0 Å². The van der Waals surface area contributed by atoms with Crippen molar-refractivity contribution in [1.29, 1.82) is 0 Å². The average molecular weight is 387 g/mol. The Morgan fingerprint density at radius 3 is 2.67 bits per heavy atom. The van der Waals surface area contributed by atoms with Crippen molar-refractivity contribution >= 4 is 39.4 Å². The molecular weight excluding hydrogens is 372 g/mol. The first kappa shape index (κ1) is 16.6. The smallest absolute Gasteiger partial charge is 0.240 e. The lowest BCUT2D eigenvalue weighted by atomic mass is 9.92. The van der Waals surface area contributed by atoms with Gasteiger partial charge in [0.2, 0.25) is 11.6 Å². The maximum atomic E-state index is 12.8. The van der Waals surface area contributed by atoms with Crippen molar-refractivity contribution in [1.82, 2.24) is 0 Å². The number of ketones is 3. The van der Waals surface area contributed by atoms with Crippen LogP contribution in [0.1, 0.15) is 51.5 Å². The molecule has 1 heterocycles. The van der Waals surface area contributed by atoms with E-state index in [0.717, 1.165) is 12.0 Å². The van der Waals surface area contributed by atoms with Crippen LogP contribution in [0.5, 0.6) is 0 Å². The maximum absolute atomic E-state index is 12.8. The Labute approximate surface area is 147 Å². The van der Waals surface area contributed by atoms with Gasteiger partial charge in [0.05, 0.1) is 15.6 Å². The Kier molecular flexibility index (Phi) is 4.37. The van der Waals surface area contributed by atoms with Gasteiger partial charge in [0.25, 0.3) is 0 Å². The summed E-state index contributed by atoms with van der Waals surface area (Å²) < 4.78 is 5.45. The Balaban J connectivity index is 2.02. The summed E-state index contributed by atoms with van der Waals surface area (Å²) in [5.74, 6) is -1.02. The van der Waals surface area contributed by atoms with Gasteiger partial charge in [-0.3, -0.25) is 14.4 Å². The fourth-order valence-corrected chi connectivity index (χ4v) is 3.14. The van der Waals surface area contributed by atoms with Gasteiger partial charge in [-0.1, -0.05) is 32.0 Å². The molecule has 0 spiro atoms. The predicted molar refractivity (Wildman–Crippen MR) is 93.4 cm³/mol. The third-order valence-corrected chi connectivity index (χ3v) is 4.39. The molecule has 24 heavy (non-hydrogen) atoms. The van der Waals surface area contributed by atoms with Gasteiger partial charge in [-0.25, -0.2) is 0 Å². The topological polar surface area (TPSA) is 64.3 Å². The second-order valence-corrected chi connectivity index (χ2v) is 7.02. The number of halogens is 1. The zero-order valence-electron chi connectivity index (χ0n) is 13.3. The van der Waals surface area contributed by atoms with E-state index in [9.17, 15) is 14.4 Å². The molecule has 1 aromatic carbocycles. The van der Waals surface area contributed by atoms with Crippen molar-refractivity contribution in [3.05, 3.63) is 63.0 Å². The lowest BCUT2D eigenvalue weighted by Gasteiger charge is -2.09. The Morgan fingerprint density at radius 2 is 1.96 bits per heavy atom. The molecule has 4 nitrogen and oxygen atoms in total. The molecule has 3 rings (SSSR count). The van der Waals surface area contributed by atoms with Crippen molar-refractivity contribution in [2.45, 2.75) is 20.3 Å². The molecule has 2 aromatic rings. The minimum absolute atomic E-state index is 0.0439. The molecule has 0 radical (unpaired) electrons. The van der Waals surface area contributed by atoms with E-state index < -0.39 is 11.6 Å². The highest BCUT2D eigenvalue weighted by Gasteiger charge is 2.33. The van der Waals surface area contributed by atoms with E-state index in [0.29, 0.717) is 11.5 Å². The first-order valence-corrected chi connectivity index (χ1v) is 8.39. The summed E-state index contributed by atoms with van der Waals surface area (Å²) in [7, 11) is 0. The molecule has 1 aromatic heterocycles. The van der Waals surface area contributed by atoms with Crippen LogP contribution in [0.15, 0.2) is 39.4 Å². The second-order valence-electron chi connectivity index (χ2n) is 6.17. The maximum Gasteiger partial charge on any atom is 0.240 e. The summed E-state index contributed by atoms with van der Waals surface area (Å²) in [6.07, 6.45) is 3.53. The van der Waals surface area contributed by atoms with Crippen LogP contribution in [0.4, 0.5) is 0 Å². The van der Waals surface area contributed by atoms with Crippen molar-refractivity contribution in [2.24, 2.45) is 5.92 Å². The van der Waals surface area contributed by atoms with Crippen LogP contribution in [0.3, 0.4) is 0 Å². The van der Waals surface area contributed by atoms with E-state index in [1.807, 2.05) is 18.2 Å². The molecule has 1 aliphatic rings. The lowest BCUT2D eigenvalue weighted by molar-refractivity contribution is -0.111. The van der Waals surface area contributed by atoms with E-state index in [1.165, 1.54) is 12.3 Å². The molecule has 5 heteroatoms. The summed E-state index contributed by atoms with van der Waals surface area (Å²) in [6, 6.07) is 7.31. The number of furan rings is 1. The van der Waals surface area contributed by atoms with Crippen LogP contribution in [0.25, 0.3) is 6.08 Å². The zero-order valence-corrected chi connectivity index (χ0v) is 14.8. The highest BCUT2D eigenvalue weighted by molar-refractivity contribution is 9.12. The van der Waals surface area contributed by atoms with Crippen molar-refractivity contribution in [3.8, 4) is 0 Å². The van der Waals surface area contributed by atoms with E-state index in [-0.39, 0.29) is 27.2 Å². The SMILES string of the molecule is CC(C)Cc1cccc(C(=O)c2coc3c2C(=O)C(=O)C(Br)=C3)c1. The molecule has 0 saturated heterocycles. The van der Waals surface area contributed by atoms with Crippen LogP contribution in [0, 0.1) is 5.92 Å². The standard InChI is InChI=1S/C19H15BrO4/c1-10(2)6-11-4-3-5-12(7-11)17(21)13-9-24-15-8-14(20)18(22)19(23)16(13)15/h3-5,7-10H,6H2,1-2H3. The number of allylic oxidation sites excluding steroid dienone is 1. The van der Waals surface area contributed by atoms with Gasteiger partial charge in [-0.15, -0.1) is 0 Å². The van der Waals surface area contributed by atoms with E-state index in [4.69, 9.17) is 4.42 Å². The van der Waals surface area contributed by atoms with Crippen LogP contribution in [-0.4, -0.2) is 17.3 Å². The number of fused-ring (bicyclic) bond motifs is 1. The number of benzene rings is 1. The number of carbonyl (C=O) groups is 3. The molecule has 0 bridgehead atoms. The molecule has 0 aliphatic heterocycles. The molecule has 122 valence electrons. The van der Waals surface area contributed by atoms with Crippen LogP contribution < -0.4 is 0 Å². The molecule has 0 saturated carbocycles. The molecule has 0 amide bonds. The van der Waals surface area contributed by atoms with Crippen molar-refractivity contribution < 1.29 is 18.8 Å². The van der Waals surface area contributed by atoms with Crippen LogP contribution in [-0.2, 0) is 11.2 Å². The molecule has 0 N–H and O–H groups in total. The number of hydrogen-bond donors (Lipinski definition) is 0. The fourth-order valence-electron chi connectivity index (χ4n) is 2.75. The molecule has 0 fully saturated rings. The number of Topliss-reactive ketones (excluding diaryl/α,β-unsaturated/α-hetero) is 2. The Morgan fingerprint density at radius 1 is 1.21 bits per heavy atom. The normalized spacial score (nSPS) is 13.9. The van der Waals surface area contributed by atoms with E-state index in [2.05, 4.69) is 29.8 Å². The summed E-state index contributed by atoms with van der Waals surface area (Å²) in [6.45, 7) is 4.21. The third-order valence-electron chi connectivity index (χ3n) is 3.81. The Hall–Kier alpha value is -2.27. The number of carbonyl (C=O) groups excluding carboxylic acids is 3. The number of rotatable bonds is 4. The van der Waals surface area contributed by atoms with Gasteiger partial charge < -0.3 is 4.42 Å². The summed E-state index contributed by atoms with van der Waals surface area (Å²) in [5, 5.41) is 0. The van der Waals surface area contributed by atoms with Gasteiger partial charge in [0.1, 0.15) is 12.0 Å². The fraction of sp³-hybridized carbons (Fsp3) is 0.211. The minimum atomic E-state index is -0.727. The quantitative estimate of drug-likeness (QED) is 0.582. The average Bonchev–Trinajstić information content (AvgIpc) is 2.95. The lowest BCUT2D eigenvalue weighted by Crippen LogP contribution is -2.20. The first-order valence-electron chi connectivity index (χ1n) is 7.60. The highest BCUT2D eigenvalue weighted by atomic mass is 79.9. The zero-order chi connectivity index (χ0) is 17.4. The van der Waals surface area contributed by atoms with Gasteiger partial charge in [-0.2, -0.15) is 0 Å². The number of hydrogen-bond acceptors (Lipinski definition) is 4. The first-order chi connectivity index (χ1) is 11.4. The van der Waals surface area contributed by atoms with Crippen LogP contribution in [0.2, 0.25) is 0 Å². The largest absolute Gasteiger partial charge is 0.463 e. The second kappa shape index (κ2) is 6.32. The predicted octanol–water partition coefficient (Wildman–Crippen LogP) is 4.21.